The Kier molecular flexibility index (Phi) is 6.17. The number of benzene rings is 3. The Morgan fingerprint density at radius 3 is 2.44 bits per heavy atom. The Morgan fingerprint density at radius 2 is 1.65 bits per heavy atom. The van der Waals surface area contributed by atoms with Crippen molar-refractivity contribution >= 4 is 34.3 Å². The van der Waals surface area contributed by atoms with Crippen LogP contribution in [0.3, 0.4) is 0 Å². The zero-order valence-electron chi connectivity index (χ0n) is 18.6. The number of hydrogen-bond donors (Lipinski definition) is 0. The summed E-state index contributed by atoms with van der Waals surface area (Å²) in [6.07, 6.45) is 0. The number of halogens is 1. The zero-order valence-corrected chi connectivity index (χ0v) is 20.2. The first-order valence-electron chi connectivity index (χ1n) is 10.8. The standard InChI is InChI=1S/C25H21ClN6OS/c1-16(2)19-7-4-6-10-22(19)32-23(17-11-13-18(26)14-12-17)28-29-25(32)34-15-31-24(33)20-8-3-5-9-21(20)27-30-31/h3-14,16H,15H2,1-2H3. The van der Waals surface area contributed by atoms with Gasteiger partial charge < -0.3 is 0 Å². The predicted molar refractivity (Wildman–Crippen MR) is 136 cm³/mol. The fourth-order valence-corrected chi connectivity index (χ4v) is 4.72. The lowest BCUT2D eigenvalue weighted by Gasteiger charge is -2.17. The Morgan fingerprint density at radius 1 is 0.912 bits per heavy atom. The monoisotopic (exact) mass is 488 g/mol. The van der Waals surface area contributed by atoms with Crippen LogP contribution in [0.5, 0.6) is 0 Å². The van der Waals surface area contributed by atoms with Gasteiger partial charge in [-0.2, -0.15) is 4.68 Å². The van der Waals surface area contributed by atoms with E-state index in [9.17, 15) is 4.79 Å². The van der Waals surface area contributed by atoms with Gasteiger partial charge in [0, 0.05) is 10.6 Å². The zero-order chi connectivity index (χ0) is 23.7. The third-order valence-corrected chi connectivity index (χ3v) is 6.63. The molecule has 0 unspecified atom stereocenters. The summed E-state index contributed by atoms with van der Waals surface area (Å²) in [6, 6.07) is 22.9. The summed E-state index contributed by atoms with van der Waals surface area (Å²) in [5, 5.41) is 19.1. The van der Waals surface area contributed by atoms with E-state index in [-0.39, 0.29) is 11.4 Å². The van der Waals surface area contributed by atoms with Crippen molar-refractivity contribution in [3.05, 3.63) is 93.7 Å². The van der Waals surface area contributed by atoms with Crippen LogP contribution in [0.4, 0.5) is 0 Å². The number of thioether (sulfide) groups is 1. The molecule has 5 aromatic rings. The molecule has 0 saturated heterocycles. The van der Waals surface area contributed by atoms with Gasteiger partial charge in [0.2, 0.25) is 0 Å². The molecular formula is C25H21ClN6OS. The third-order valence-electron chi connectivity index (χ3n) is 5.48. The van der Waals surface area contributed by atoms with E-state index in [1.807, 2.05) is 53.1 Å². The number of hydrogen-bond acceptors (Lipinski definition) is 6. The van der Waals surface area contributed by atoms with Crippen LogP contribution >= 0.6 is 23.4 Å². The number of aromatic nitrogens is 6. The van der Waals surface area contributed by atoms with Gasteiger partial charge in [0.25, 0.3) is 5.56 Å². The molecular weight excluding hydrogens is 468 g/mol. The van der Waals surface area contributed by atoms with E-state index < -0.39 is 0 Å². The first kappa shape index (κ1) is 22.3. The van der Waals surface area contributed by atoms with Gasteiger partial charge >= 0.3 is 0 Å². The number of fused-ring (bicyclic) bond motifs is 1. The quantitative estimate of drug-likeness (QED) is 0.291. The summed E-state index contributed by atoms with van der Waals surface area (Å²) < 4.78 is 3.38. The maximum atomic E-state index is 12.9. The first-order chi connectivity index (χ1) is 16.5. The molecule has 0 amide bonds. The van der Waals surface area contributed by atoms with Crippen LogP contribution in [0, 0.1) is 0 Å². The van der Waals surface area contributed by atoms with Crippen molar-refractivity contribution in [1.82, 2.24) is 29.8 Å². The molecule has 2 aromatic heterocycles. The van der Waals surface area contributed by atoms with Crippen molar-refractivity contribution in [3.8, 4) is 17.1 Å². The van der Waals surface area contributed by atoms with E-state index in [4.69, 9.17) is 11.6 Å². The Labute approximate surface area is 205 Å². The summed E-state index contributed by atoms with van der Waals surface area (Å²) in [6.45, 7) is 4.31. The van der Waals surface area contributed by atoms with Gasteiger partial charge in [-0.15, -0.1) is 15.3 Å². The lowest BCUT2D eigenvalue weighted by Crippen LogP contribution is -2.23. The molecule has 3 aromatic carbocycles. The van der Waals surface area contributed by atoms with E-state index in [0.717, 1.165) is 11.3 Å². The second kappa shape index (κ2) is 9.40. The lowest BCUT2D eigenvalue weighted by molar-refractivity contribution is 0.643. The fourth-order valence-electron chi connectivity index (χ4n) is 3.77. The molecule has 5 rings (SSSR count). The molecule has 0 aliphatic rings. The SMILES string of the molecule is CC(C)c1ccccc1-n1c(SCn2nnc3ccccc3c2=O)nnc1-c1ccc(Cl)cc1. The molecule has 34 heavy (non-hydrogen) atoms. The largest absolute Gasteiger partial charge is 0.278 e. The minimum Gasteiger partial charge on any atom is -0.270 e. The van der Waals surface area contributed by atoms with Crippen LogP contribution in [0.2, 0.25) is 5.02 Å². The molecule has 9 heteroatoms. The molecule has 0 spiro atoms. The molecule has 0 atom stereocenters. The molecule has 0 N–H and O–H groups in total. The van der Waals surface area contributed by atoms with Crippen LogP contribution < -0.4 is 5.56 Å². The highest BCUT2D eigenvalue weighted by molar-refractivity contribution is 7.98. The Balaban J connectivity index is 1.59. The molecule has 0 aliphatic heterocycles. The Bertz CT molecular complexity index is 1530. The number of para-hydroxylation sites is 1. The van der Waals surface area contributed by atoms with Crippen LogP contribution in [-0.4, -0.2) is 29.8 Å². The second-order valence-electron chi connectivity index (χ2n) is 8.05. The van der Waals surface area contributed by atoms with Gasteiger partial charge in [0.05, 0.1) is 17.0 Å². The van der Waals surface area contributed by atoms with Gasteiger partial charge in [0.1, 0.15) is 5.52 Å². The van der Waals surface area contributed by atoms with E-state index in [1.165, 1.54) is 22.0 Å². The fraction of sp³-hybridized carbons (Fsp3) is 0.160. The average molecular weight is 489 g/mol. The normalized spacial score (nSPS) is 11.4. The van der Waals surface area contributed by atoms with E-state index in [1.54, 1.807) is 12.1 Å². The van der Waals surface area contributed by atoms with Gasteiger partial charge in [-0.3, -0.25) is 9.36 Å². The van der Waals surface area contributed by atoms with E-state index in [2.05, 4.69) is 46.5 Å². The van der Waals surface area contributed by atoms with Crippen molar-refractivity contribution in [2.24, 2.45) is 0 Å². The van der Waals surface area contributed by atoms with Gasteiger partial charge in [-0.25, -0.2) is 0 Å². The number of rotatable bonds is 6. The highest BCUT2D eigenvalue weighted by Crippen LogP contribution is 2.32. The molecule has 0 fully saturated rings. The number of nitrogens with zero attached hydrogens (tertiary/aromatic N) is 6. The van der Waals surface area contributed by atoms with Crippen molar-refractivity contribution in [1.29, 1.82) is 0 Å². The summed E-state index contributed by atoms with van der Waals surface area (Å²) in [5.74, 6) is 1.24. The molecule has 0 saturated carbocycles. The van der Waals surface area contributed by atoms with Crippen molar-refractivity contribution < 1.29 is 0 Å². The predicted octanol–water partition coefficient (Wildman–Crippen LogP) is 5.57. The first-order valence-corrected chi connectivity index (χ1v) is 12.2. The van der Waals surface area contributed by atoms with Crippen LogP contribution in [-0.2, 0) is 5.88 Å². The van der Waals surface area contributed by atoms with Crippen molar-refractivity contribution in [2.75, 3.05) is 0 Å². The van der Waals surface area contributed by atoms with Crippen molar-refractivity contribution in [3.63, 3.8) is 0 Å². The highest BCUT2D eigenvalue weighted by atomic mass is 35.5. The summed E-state index contributed by atoms with van der Waals surface area (Å²) >= 11 is 7.49. The Hall–Kier alpha value is -3.49. The lowest BCUT2D eigenvalue weighted by atomic mass is 10.0. The second-order valence-corrected chi connectivity index (χ2v) is 9.40. The third kappa shape index (κ3) is 4.22. The maximum Gasteiger partial charge on any atom is 0.278 e. The van der Waals surface area contributed by atoms with Crippen molar-refractivity contribution in [2.45, 2.75) is 30.8 Å². The summed E-state index contributed by atoms with van der Waals surface area (Å²) in [7, 11) is 0. The molecule has 7 nitrogen and oxygen atoms in total. The van der Waals surface area contributed by atoms with Gasteiger partial charge in [0.15, 0.2) is 11.0 Å². The average Bonchev–Trinajstić information content (AvgIpc) is 3.28. The maximum absolute atomic E-state index is 12.9. The minimum atomic E-state index is -0.190. The summed E-state index contributed by atoms with van der Waals surface area (Å²) in [5.41, 5.74) is 3.44. The van der Waals surface area contributed by atoms with E-state index >= 15 is 0 Å². The topological polar surface area (TPSA) is 78.5 Å². The molecule has 0 aliphatic carbocycles. The van der Waals surface area contributed by atoms with Gasteiger partial charge in [-0.1, -0.05) is 72.8 Å². The smallest absolute Gasteiger partial charge is 0.270 e. The minimum absolute atomic E-state index is 0.190. The van der Waals surface area contributed by atoms with E-state index in [0.29, 0.717) is 32.8 Å². The van der Waals surface area contributed by atoms with Crippen LogP contribution in [0.25, 0.3) is 28.0 Å². The summed E-state index contributed by atoms with van der Waals surface area (Å²) in [4.78, 5) is 12.9. The highest BCUT2D eigenvalue weighted by Gasteiger charge is 2.20. The molecule has 170 valence electrons. The molecule has 2 heterocycles. The molecule has 0 bridgehead atoms. The van der Waals surface area contributed by atoms with Crippen LogP contribution in [0.1, 0.15) is 25.3 Å². The van der Waals surface area contributed by atoms with Gasteiger partial charge in [-0.05, 0) is 53.9 Å². The van der Waals surface area contributed by atoms with Crippen LogP contribution in [0.15, 0.2) is 82.7 Å². The molecule has 0 radical (unpaired) electrons.